The number of carbonyl (C=O) groups is 2. The molecule has 1 aliphatic heterocycles. The second kappa shape index (κ2) is 6.81. The lowest BCUT2D eigenvalue weighted by molar-refractivity contribution is -0.146. The molecule has 0 fully saturated rings. The molecule has 0 saturated carbocycles. The van der Waals surface area contributed by atoms with Crippen LogP contribution in [0.4, 0.5) is 4.79 Å². The molecule has 0 aromatic carbocycles. The van der Waals surface area contributed by atoms with Crippen LogP contribution in [0.25, 0.3) is 5.57 Å². The van der Waals surface area contributed by atoms with Gasteiger partial charge in [-0.2, -0.15) is 0 Å². The van der Waals surface area contributed by atoms with Gasteiger partial charge in [0, 0.05) is 18.6 Å². The van der Waals surface area contributed by atoms with E-state index in [-0.39, 0.29) is 0 Å². The highest BCUT2D eigenvalue weighted by Gasteiger charge is 2.35. The van der Waals surface area contributed by atoms with Gasteiger partial charge in [0.05, 0.1) is 7.11 Å². The highest BCUT2D eigenvalue weighted by atomic mass is 16.6. The maximum absolute atomic E-state index is 12.5. The number of methoxy groups -OCH3 is 1. The molecule has 1 aromatic heterocycles. The van der Waals surface area contributed by atoms with Crippen molar-refractivity contribution in [3.63, 3.8) is 0 Å². The van der Waals surface area contributed by atoms with Crippen LogP contribution in [0.1, 0.15) is 39.2 Å². The lowest BCUT2D eigenvalue weighted by Gasteiger charge is -2.33. The van der Waals surface area contributed by atoms with E-state index in [4.69, 9.17) is 9.47 Å². The lowest BCUT2D eigenvalue weighted by atomic mass is 9.96. The Kier molecular flexibility index (Phi) is 5.03. The van der Waals surface area contributed by atoms with Gasteiger partial charge < -0.3 is 9.47 Å². The van der Waals surface area contributed by atoms with E-state index >= 15 is 0 Å². The Morgan fingerprint density at radius 1 is 1.26 bits per heavy atom. The van der Waals surface area contributed by atoms with Gasteiger partial charge in [-0.3, -0.25) is 9.88 Å². The molecule has 23 heavy (non-hydrogen) atoms. The van der Waals surface area contributed by atoms with Crippen LogP contribution >= 0.6 is 0 Å². The van der Waals surface area contributed by atoms with Crippen molar-refractivity contribution >= 4 is 17.6 Å². The average molecular weight is 318 g/mol. The molecular formula is C17H22N2O4. The summed E-state index contributed by atoms with van der Waals surface area (Å²) in [7, 11) is 1.32. The molecule has 124 valence electrons. The lowest BCUT2D eigenvalue weighted by Crippen LogP contribution is -2.46. The van der Waals surface area contributed by atoms with E-state index in [1.165, 1.54) is 12.0 Å². The second-order valence-corrected chi connectivity index (χ2v) is 6.36. The summed E-state index contributed by atoms with van der Waals surface area (Å²) in [4.78, 5) is 29.8. The third kappa shape index (κ3) is 4.31. The van der Waals surface area contributed by atoms with Crippen molar-refractivity contribution in [1.82, 2.24) is 9.88 Å². The summed E-state index contributed by atoms with van der Waals surface area (Å²) in [6, 6.07) is 3.08. The number of hydrogen-bond donors (Lipinski definition) is 0. The van der Waals surface area contributed by atoms with Crippen LogP contribution < -0.4 is 0 Å². The normalized spacial score (nSPS) is 18.2. The summed E-state index contributed by atoms with van der Waals surface area (Å²) in [5.41, 5.74) is 1.29. The molecule has 1 aromatic rings. The first kappa shape index (κ1) is 17.0. The van der Waals surface area contributed by atoms with Gasteiger partial charge in [0.2, 0.25) is 0 Å². The Balaban J connectivity index is 2.32. The molecule has 1 amide bonds. The number of hydrogen-bond acceptors (Lipinski definition) is 5. The zero-order chi connectivity index (χ0) is 17.0. The van der Waals surface area contributed by atoms with Crippen LogP contribution in [0.2, 0.25) is 0 Å². The molecule has 0 bridgehead atoms. The topological polar surface area (TPSA) is 68.7 Å². The SMILES string of the molecule is COC(=O)[C@@H]1CCC(c2ccncc2)=CN1C(=O)OC(C)(C)C. The molecule has 6 nitrogen and oxygen atoms in total. The first-order valence-corrected chi connectivity index (χ1v) is 7.52. The van der Waals surface area contributed by atoms with E-state index in [1.807, 2.05) is 12.1 Å². The summed E-state index contributed by atoms with van der Waals surface area (Å²) in [6.07, 6.45) is 5.66. The predicted octanol–water partition coefficient (Wildman–Crippen LogP) is 3.00. The van der Waals surface area contributed by atoms with Crippen molar-refractivity contribution in [3.05, 3.63) is 36.3 Å². The van der Waals surface area contributed by atoms with Gasteiger partial charge in [0.1, 0.15) is 11.6 Å². The van der Waals surface area contributed by atoms with Gasteiger partial charge >= 0.3 is 12.1 Å². The Hall–Kier alpha value is -2.37. The molecule has 6 heteroatoms. The van der Waals surface area contributed by atoms with Crippen LogP contribution in [0, 0.1) is 0 Å². The van der Waals surface area contributed by atoms with Crippen molar-refractivity contribution in [2.75, 3.05) is 7.11 Å². The molecule has 2 heterocycles. The van der Waals surface area contributed by atoms with E-state index in [0.717, 1.165) is 11.1 Å². The van der Waals surface area contributed by atoms with Crippen molar-refractivity contribution in [2.24, 2.45) is 0 Å². The number of allylic oxidation sites excluding steroid dienone is 1. The van der Waals surface area contributed by atoms with Crippen molar-refractivity contribution in [1.29, 1.82) is 0 Å². The first-order valence-electron chi connectivity index (χ1n) is 7.52. The van der Waals surface area contributed by atoms with Gasteiger partial charge in [-0.15, -0.1) is 0 Å². The zero-order valence-electron chi connectivity index (χ0n) is 13.9. The predicted molar refractivity (Wildman–Crippen MR) is 85.3 cm³/mol. The fourth-order valence-electron chi connectivity index (χ4n) is 2.40. The van der Waals surface area contributed by atoms with E-state index in [9.17, 15) is 9.59 Å². The number of carbonyl (C=O) groups excluding carboxylic acids is 2. The summed E-state index contributed by atoms with van der Waals surface area (Å²) >= 11 is 0. The summed E-state index contributed by atoms with van der Waals surface area (Å²) < 4.78 is 10.2. The summed E-state index contributed by atoms with van der Waals surface area (Å²) in [5.74, 6) is -0.444. The van der Waals surface area contributed by atoms with Crippen molar-refractivity contribution < 1.29 is 19.1 Å². The molecule has 0 N–H and O–H groups in total. The second-order valence-electron chi connectivity index (χ2n) is 6.36. The number of amides is 1. The molecule has 2 rings (SSSR count). The van der Waals surface area contributed by atoms with Crippen LogP contribution in [0.5, 0.6) is 0 Å². The van der Waals surface area contributed by atoms with Gasteiger partial charge in [0.15, 0.2) is 0 Å². The molecule has 0 spiro atoms. The number of esters is 1. The number of nitrogens with zero attached hydrogens (tertiary/aromatic N) is 2. The molecule has 1 aliphatic rings. The van der Waals surface area contributed by atoms with E-state index in [0.29, 0.717) is 12.8 Å². The van der Waals surface area contributed by atoms with Crippen molar-refractivity contribution in [2.45, 2.75) is 45.3 Å². The Labute approximate surface area is 136 Å². The van der Waals surface area contributed by atoms with E-state index in [1.54, 1.807) is 39.4 Å². The minimum Gasteiger partial charge on any atom is -0.467 e. The van der Waals surface area contributed by atoms with E-state index < -0.39 is 23.7 Å². The third-order valence-corrected chi connectivity index (χ3v) is 3.45. The summed E-state index contributed by atoms with van der Waals surface area (Å²) in [6.45, 7) is 5.36. The first-order chi connectivity index (χ1) is 10.8. The number of rotatable bonds is 2. The largest absolute Gasteiger partial charge is 0.467 e. The maximum Gasteiger partial charge on any atom is 0.415 e. The monoisotopic (exact) mass is 318 g/mol. The average Bonchev–Trinajstić information content (AvgIpc) is 2.52. The number of pyridine rings is 1. The van der Waals surface area contributed by atoms with Gasteiger partial charge in [-0.05, 0) is 56.9 Å². The minimum atomic E-state index is -0.666. The fourth-order valence-corrected chi connectivity index (χ4v) is 2.40. The van der Waals surface area contributed by atoms with E-state index in [2.05, 4.69) is 4.98 Å². The quantitative estimate of drug-likeness (QED) is 0.784. The Bertz CT molecular complexity index is 605. The third-order valence-electron chi connectivity index (χ3n) is 3.45. The smallest absolute Gasteiger partial charge is 0.415 e. The standard InChI is InChI=1S/C17H22N2O4/c1-17(2,3)23-16(21)19-11-13(12-7-9-18-10-8-12)5-6-14(19)15(20)22-4/h7-11,14H,5-6H2,1-4H3/t14-/m0/s1. The molecular weight excluding hydrogens is 296 g/mol. The Morgan fingerprint density at radius 3 is 2.48 bits per heavy atom. The van der Waals surface area contributed by atoms with Gasteiger partial charge in [-0.25, -0.2) is 9.59 Å². The van der Waals surface area contributed by atoms with Crippen LogP contribution in [-0.4, -0.2) is 40.7 Å². The van der Waals surface area contributed by atoms with Gasteiger partial charge in [-0.1, -0.05) is 0 Å². The number of aromatic nitrogens is 1. The van der Waals surface area contributed by atoms with Crippen LogP contribution in [0.3, 0.4) is 0 Å². The molecule has 0 aliphatic carbocycles. The number of ether oxygens (including phenoxy) is 2. The van der Waals surface area contributed by atoms with Crippen molar-refractivity contribution in [3.8, 4) is 0 Å². The van der Waals surface area contributed by atoms with Gasteiger partial charge in [0.25, 0.3) is 0 Å². The molecule has 0 saturated heterocycles. The summed E-state index contributed by atoms with van der Waals surface area (Å²) in [5, 5.41) is 0. The molecule has 1 atom stereocenters. The van der Waals surface area contributed by atoms with Crippen LogP contribution in [-0.2, 0) is 14.3 Å². The fraction of sp³-hybridized carbons (Fsp3) is 0.471. The Morgan fingerprint density at radius 2 is 1.91 bits per heavy atom. The molecule has 0 radical (unpaired) electrons. The van der Waals surface area contributed by atoms with Crippen LogP contribution in [0.15, 0.2) is 30.7 Å². The highest BCUT2D eigenvalue weighted by Crippen LogP contribution is 2.29. The zero-order valence-corrected chi connectivity index (χ0v) is 13.9. The molecule has 0 unspecified atom stereocenters. The minimum absolute atomic E-state index is 0.444. The highest BCUT2D eigenvalue weighted by molar-refractivity contribution is 5.85. The maximum atomic E-state index is 12.5.